The molecule has 2 rings (SSSR count). The van der Waals surface area contributed by atoms with Crippen molar-refractivity contribution in [3.05, 3.63) is 34.9 Å². The monoisotopic (exact) mass is 279 g/mol. The van der Waals surface area contributed by atoms with Crippen LogP contribution in [0.25, 0.3) is 0 Å². The average molecular weight is 280 g/mol. The lowest BCUT2D eigenvalue weighted by Gasteiger charge is -2.32. The van der Waals surface area contributed by atoms with Gasteiger partial charge in [-0.3, -0.25) is 0 Å². The van der Waals surface area contributed by atoms with Crippen molar-refractivity contribution >= 4 is 11.6 Å². The van der Waals surface area contributed by atoms with Crippen molar-refractivity contribution in [3.8, 4) is 0 Å². The zero-order chi connectivity index (χ0) is 13.7. The van der Waals surface area contributed by atoms with Crippen LogP contribution >= 0.6 is 11.6 Å². The second kappa shape index (κ2) is 7.31. The Morgan fingerprint density at radius 2 is 1.79 bits per heavy atom. The minimum atomic E-state index is 0.735. The third-order valence-electron chi connectivity index (χ3n) is 4.18. The smallest absolute Gasteiger partial charge is 0.0406 e. The highest BCUT2D eigenvalue weighted by molar-refractivity contribution is 6.30. The van der Waals surface area contributed by atoms with Gasteiger partial charge in [0.05, 0.1) is 0 Å². The van der Waals surface area contributed by atoms with E-state index in [-0.39, 0.29) is 0 Å². The molecule has 0 amide bonds. The molecule has 0 N–H and O–H groups in total. The van der Waals surface area contributed by atoms with E-state index in [1.807, 2.05) is 12.1 Å². The van der Waals surface area contributed by atoms with Gasteiger partial charge in [-0.15, -0.1) is 0 Å². The fraction of sp³-hybridized carbons (Fsp3) is 0.647. The Kier molecular flexibility index (Phi) is 5.72. The van der Waals surface area contributed by atoms with Gasteiger partial charge in [-0.25, -0.2) is 0 Å². The molecule has 0 aliphatic carbocycles. The van der Waals surface area contributed by atoms with E-state index < -0.39 is 0 Å². The second-order valence-corrected chi connectivity index (χ2v) is 6.64. The topological polar surface area (TPSA) is 3.24 Å². The lowest BCUT2D eigenvalue weighted by Crippen LogP contribution is -2.33. The van der Waals surface area contributed by atoms with Crippen molar-refractivity contribution in [2.24, 2.45) is 5.92 Å². The first-order valence-corrected chi connectivity index (χ1v) is 8.01. The number of hydrogen-bond donors (Lipinski definition) is 0. The molecule has 0 bridgehead atoms. The minimum Gasteiger partial charge on any atom is -0.303 e. The zero-order valence-corrected chi connectivity index (χ0v) is 13.0. The van der Waals surface area contributed by atoms with Crippen LogP contribution < -0.4 is 0 Å². The Balaban J connectivity index is 1.74. The molecule has 0 radical (unpaired) electrons. The summed E-state index contributed by atoms with van der Waals surface area (Å²) in [5, 5.41) is 0.842. The van der Waals surface area contributed by atoms with Crippen molar-refractivity contribution in [2.75, 3.05) is 19.6 Å². The Morgan fingerprint density at radius 1 is 1.16 bits per heavy atom. The van der Waals surface area contributed by atoms with Gasteiger partial charge in [0.2, 0.25) is 0 Å². The van der Waals surface area contributed by atoms with Crippen LogP contribution in [0.15, 0.2) is 24.3 Å². The maximum absolute atomic E-state index is 5.95. The predicted octanol–water partition coefficient (Wildman–Crippen LogP) is 4.96. The molecule has 2 heteroatoms. The number of likely N-dealkylation sites (tertiary alicyclic amines) is 1. The molecule has 1 saturated heterocycles. The predicted molar refractivity (Wildman–Crippen MR) is 83.9 cm³/mol. The van der Waals surface area contributed by atoms with Crippen LogP contribution in [0.5, 0.6) is 0 Å². The van der Waals surface area contributed by atoms with Crippen LogP contribution in [0.4, 0.5) is 0 Å². The standard InChI is InChI=1S/C17H26ClN/c1-14(2)4-3-11-19-12-9-16(10-13-19)15-5-7-17(18)8-6-15/h5-8,14,16H,3-4,9-13H2,1-2H3. The van der Waals surface area contributed by atoms with Crippen molar-refractivity contribution in [3.63, 3.8) is 0 Å². The molecule has 19 heavy (non-hydrogen) atoms. The quantitative estimate of drug-likeness (QED) is 0.737. The molecule has 1 fully saturated rings. The molecular weight excluding hydrogens is 254 g/mol. The first-order valence-electron chi connectivity index (χ1n) is 7.63. The van der Waals surface area contributed by atoms with Crippen molar-refractivity contribution in [2.45, 2.75) is 45.4 Å². The maximum Gasteiger partial charge on any atom is 0.0406 e. The highest BCUT2D eigenvalue weighted by atomic mass is 35.5. The molecular formula is C17H26ClN. The molecule has 1 heterocycles. The molecule has 1 aromatic rings. The highest BCUT2D eigenvalue weighted by Crippen LogP contribution is 2.28. The first-order chi connectivity index (χ1) is 9.15. The highest BCUT2D eigenvalue weighted by Gasteiger charge is 2.20. The number of hydrogen-bond acceptors (Lipinski definition) is 1. The summed E-state index contributed by atoms with van der Waals surface area (Å²) in [5.41, 5.74) is 1.46. The third kappa shape index (κ3) is 4.81. The first kappa shape index (κ1) is 14.9. The second-order valence-electron chi connectivity index (χ2n) is 6.20. The molecule has 0 saturated carbocycles. The molecule has 106 valence electrons. The molecule has 0 aromatic heterocycles. The number of rotatable bonds is 5. The van der Waals surface area contributed by atoms with Gasteiger partial charge in [0.25, 0.3) is 0 Å². The van der Waals surface area contributed by atoms with Gasteiger partial charge in [0.1, 0.15) is 0 Å². The summed E-state index contributed by atoms with van der Waals surface area (Å²) in [6.45, 7) is 8.42. The SMILES string of the molecule is CC(C)CCCN1CCC(c2ccc(Cl)cc2)CC1. The van der Waals surface area contributed by atoms with Crippen LogP contribution in [0.1, 0.15) is 51.0 Å². The summed E-state index contributed by atoms with van der Waals surface area (Å²) < 4.78 is 0. The van der Waals surface area contributed by atoms with Crippen LogP contribution in [0.2, 0.25) is 5.02 Å². The Morgan fingerprint density at radius 3 is 2.37 bits per heavy atom. The van der Waals surface area contributed by atoms with Crippen LogP contribution in [0.3, 0.4) is 0 Å². The minimum absolute atomic E-state index is 0.735. The maximum atomic E-state index is 5.95. The molecule has 1 aromatic carbocycles. The van der Waals surface area contributed by atoms with Gasteiger partial charge < -0.3 is 4.90 Å². The fourth-order valence-electron chi connectivity index (χ4n) is 2.95. The summed E-state index contributed by atoms with van der Waals surface area (Å²) >= 11 is 5.95. The normalized spacial score (nSPS) is 18.1. The lowest BCUT2D eigenvalue weighted by atomic mass is 9.89. The van der Waals surface area contributed by atoms with E-state index in [9.17, 15) is 0 Å². The van der Waals surface area contributed by atoms with Crippen LogP contribution in [0, 0.1) is 5.92 Å². The van der Waals surface area contributed by atoms with Crippen LogP contribution in [-0.4, -0.2) is 24.5 Å². The lowest BCUT2D eigenvalue weighted by molar-refractivity contribution is 0.206. The van der Waals surface area contributed by atoms with E-state index in [4.69, 9.17) is 11.6 Å². The summed E-state index contributed by atoms with van der Waals surface area (Å²) in [6.07, 6.45) is 5.30. The Hall–Kier alpha value is -0.530. The third-order valence-corrected chi connectivity index (χ3v) is 4.44. The van der Waals surface area contributed by atoms with E-state index >= 15 is 0 Å². The van der Waals surface area contributed by atoms with Gasteiger partial charge in [-0.2, -0.15) is 0 Å². The summed E-state index contributed by atoms with van der Waals surface area (Å²) in [5.74, 6) is 1.57. The molecule has 1 aliphatic rings. The van der Waals surface area contributed by atoms with Gasteiger partial charge in [0, 0.05) is 5.02 Å². The van der Waals surface area contributed by atoms with Gasteiger partial charge >= 0.3 is 0 Å². The van der Waals surface area contributed by atoms with E-state index in [2.05, 4.69) is 30.9 Å². The van der Waals surface area contributed by atoms with Crippen molar-refractivity contribution in [1.82, 2.24) is 4.90 Å². The largest absolute Gasteiger partial charge is 0.303 e. The molecule has 0 atom stereocenters. The fourth-order valence-corrected chi connectivity index (χ4v) is 3.07. The van der Waals surface area contributed by atoms with Crippen molar-refractivity contribution < 1.29 is 0 Å². The molecule has 0 spiro atoms. The number of benzene rings is 1. The van der Waals surface area contributed by atoms with E-state index in [1.165, 1.54) is 50.9 Å². The van der Waals surface area contributed by atoms with E-state index in [0.29, 0.717) is 0 Å². The molecule has 1 nitrogen and oxygen atoms in total. The van der Waals surface area contributed by atoms with Gasteiger partial charge in [-0.05, 0) is 74.8 Å². The molecule has 0 unspecified atom stereocenters. The summed E-state index contributed by atoms with van der Waals surface area (Å²) in [6, 6.07) is 8.43. The average Bonchev–Trinajstić information content (AvgIpc) is 2.40. The van der Waals surface area contributed by atoms with Gasteiger partial charge in [0.15, 0.2) is 0 Å². The van der Waals surface area contributed by atoms with Crippen LogP contribution in [-0.2, 0) is 0 Å². The Bertz CT molecular complexity index is 363. The zero-order valence-electron chi connectivity index (χ0n) is 12.2. The number of piperidine rings is 1. The molecule has 1 aliphatic heterocycles. The number of nitrogens with zero attached hydrogens (tertiary/aromatic N) is 1. The van der Waals surface area contributed by atoms with Gasteiger partial charge in [-0.1, -0.05) is 37.6 Å². The summed E-state index contributed by atoms with van der Waals surface area (Å²) in [4.78, 5) is 2.63. The number of halogens is 1. The van der Waals surface area contributed by atoms with E-state index in [0.717, 1.165) is 16.9 Å². The van der Waals surface area contributed by atoms with E-state index in [1.54, 1.807) is 0 Å². The Labute approximate surface area is 123 Å². The van der Waals surface area contributed by atoms with Crippen molar-refractivity contribution in [1.29, 1.82) is 0 Å². The summed E-state index contributed by atoms with van der Waals surface area (Å²) in [7, 11) is 0.